The fourth-order valence-electron chi connectivity index (χ4n) is 1.16. The van der Waals surface area contributed by atoms with Crippen molar-refractivity contribution in [2.24, 2.45) is 5.92 Å². The molecule has 0 saturated heterocycles. The minimum absolute atomic E-state index is 0.168. The highest BCUT2D eigenvalue weighted by Crippen LogP contribution is 2.25. The van der Waals surface area contributed by atoms with Gasteiger partial charge in [-0.25, -0.2) is 4.79 Å². The maximum Gasteiger partial charge on any atom is 0.335 e. The van der Waals surface area contributed by atoms with Crippen LogP contribution in [0.25, 0.3) is 0 Å². The molecule has 1 N–H and O–H groups in total. The van der Waals surface area contributed by atoms with Gasteiger partial charge in [-0.1, -0.05) is 25.4 Å². The Morgan fingerprint density at radius 3 is 2.69 bits per heavy atom. The lowest BCUT2D eigenvalue weighted by atomic mass is 10.1. The third kappa shape index (κ3) is 3.74. The molecule has 0 radical (unpaired) electrons. The van der Waals surface area contributed by atoms with Crippen LogP contribution in [0.5, 0.6) is 5.75 Å². The standard InChI is InChI=1S/C12H15ClO3/c1-8(2)5-6-16-11-4-3-9(12(14)15)7-10(11)13/h3-4,7-8H,5-6H2,1-2H3,(H,14,15). The maximum absolute atomic E-state index is 10.7. The largest absolute Gasteiger partial charge is 0.492 e. The van der Waals surface area contributed by atoms with E-state index in [1.54, 1.807) is 6.07 Å². The summed E-state index contributed by atoms with van der Waals surface area (Å²) < 4.78 is 5.46. The number of carbonyl (C=O) groups is 1. The Kier molecular flexibility index (Phi) is 4.62. The summed E-state index contributed by atoms with van der Waals surface area (Å²) in [4.78, 5) is 10.7. The van der Waals surface area contributed by atoms with Crippen molar-refractivity contribution in [3.05, 3.63) is 28.8 Å². The minimum atomic E-state index is -0.990. The first-order valence-corrected chi connectivity index (χ1v) is 5.54. The highest BCUT2D eigenvalue weighted by Gasteiger charge is 2.07. The van der Waals surface area contributed by atoms with Gasteiger partial charge >= 0.3 is 5.97 Å². The van der Waals surface area contributed by atoms with E-state index in [9.17, 15) is 4.79 Å². The molecule has 0 spiro atoms. The Hall–Kier alpha value is -1.22. The Balaban J connectivity index is 2.64. The molecule has 0 unspecified atom stereocenters. The lowest BCUT2D eigenvalue weighted by molar-refractivity contribution is 0.0697. The number of hydrogen-bond donors (Lipinski definition) is 1. The zero-order chi connectivity index (χ0) is 12.1. The topological polar surface area (TPSA) is 46.5 Å². The van der Waals surface area contributed by atoms with Gasteiger partial charge in [-0.15, -0.1) is 0 Å². The smallest absolute Gasteiger partial charge is 0.335 e. The van der Waals surface area contributed by atoms with Crippen LogP contribution in [-0.2, 0) is 0 Å². The van der Waals surface area contributed by atoms with E-state index in [4.69, 9.17) is 21.4 Å². The molecular formula is C12H15ClO3. The van der Waals surface area contributed by atoms with Gasteiger partial charge in [-0.3, -0.25) is 0 Å². The fourth-order valence-corrected chi connectivity index (χ4v) is 1.39. The third-order valence-corrected chi connectivity index (χ3v) is 2.43. The summed E-state index contributed by atoms with van der Waals surface area (Å²) in [6, 6.07) is 4.47. The van der Waals surface area contributed by atoms with Gasteiger partial charge in [0, 0.05) is 0 Å². The summed E-state index contributed by atoms with van der Waals surface area (Å²) in [6.07, 6.45) is 0.941. The summed E-state index contributed by atoms with van der Waals surface area (Å²) in [5, 5.41) is 9.09. The molecule has 0 heterocycles. The van der Waals surface area contributed by atoms with Crippen LogP contribution in [0.2, 0.25) is 5.02 Å². The van der Waals surface area contributed by atoms with Gasteiger partial charge in [0.15, 0.2) is 0 Å². The number of carboxylic acids is 1. The molecule has 1 aromatic rings. The first-order valence-electron chi connectivity index (χ1n) is 5.16. The second-order valence-corrected chi connectivity index (χ2v) is 4.39. The molecule has 0 bridgehead atoms. The van der Waals surface area contributed by atoms with E-state index >= 15 is 0 Å². The van der Waals surface area contributed by atoms with Crippen LogP contribution in [-0.4, -0.2) is 17.7 Å². The van der Waals surface area contributed by atoms with Crippen LogP contribution in [0.1, 0.15) is 30.6 Å². The van der Waals surface area contributed by atoms with Crippen molar-refractivity contribution >= 4 is 17.6 Å². The Bertz CT molecular complexity index is 375. The molecule has 0 amide bonds. The highest BCUT2D eigenvalue weighted by atomic mass is 35.5. The van der Waals surface area contributed by atoms with Crippen molar-refractivity contribution in [3.8, 4) is 5.75 Å². The molecule has 0 atom stereocenters. The van der Waals surface area contributed by atoms with Gasteiger partial charge in [0.1, 0.15) is 5.75 Å². The van der Waals surface area contributed by atoms with E-state index < -0.39 is 5.97 Å². The summed E-state index contributed by atoms with van der Waals surface area (Å²) >= 11 is 5.90. The molecule has 0 saturated carbocycles. The van der Waals surface area contributed by atoms with Crippen LogP contribution >= 0.6 is 11.6 Å². The maximum atomic E-state index is 10.7. The SMILES string of the molecule is CC(C)CCOc1ccc(C(=O)O)cc1Cl. The van der Waals surface area contributed by atoms with Crippen molar-refractivity contribution in [2.75, 3.05) is 6.61 Å². The summed E-state index contributed by atoms with van der Waals surface area (Å²) in [6.45, 7) is 4.81. The molecule has 16 heavy (non-hydrogen) atoms. The number of benzene rings is 1. The number of halogens is 1. The van der Waals surface area contributed by atoms with Gasteiger partial charge in [0.2, 0.25) is 0 Å². The van der Waals surface area contributed by atoms with E-state index in [0.717, 1.165) is 6.42 Å². The Morgan fingerprint density at radius 2 is 2.19 bits per heavy atom. The average Bonchev–Trinajstić information content (AvgIpc) is 2.19. The summed E-state index contributed by atoms with van der Waals surface area (Å²) in [5.41, 5.74) is 0.168. The van der Waals surface area contributed by atoms with Crippen LogP contribution in [0.15, 0.2) is 18.2 Å². The number of carboxylic acid groups (broad SMARTS) is 1. The van der Waals surface area contributed by atoms with Crippen molar-refractivity contribution in [1.82, 2.24) is 0 Å². The molecule has 1 aromatic carbocycles. The Morgan fingerprint density at radius 1 is 1.50 bits per heavy atom. The number of hydrogen-bond acceptors (Lipinski definition) is 2. The molecular weight excluding hydrogens is 228 g/mol. The number of rotatable bonds is 5. The zero-order valence-electron chi connectivity index (χ0n) is 9.37. The normalized spacial score (nSPS) is 10.5. The van der Waals surface area contributed by atoms with Gasteiger partial charge < -0.3 is 9.84 Å². The van der Waals surface area contributed by atoms with Gasteiger partial charge in [-0.2, -0.15) is 0 Å². The van der Waals surface area contributed by atoms with E-state index in [-0.39, 0.29) is 5.56 Å². The van der Waals surface area contributed by atoms with E-state index in [1.165, 1.54) is 12.1 Å². The van der Waals surface area contributed by atoms with Crippen molar-refractivity contribution in [3.63, 3.8) is 0 Å². The molecule has 1 rings (SSSR count). The zero-order valence-corrected chi connectivity index (χ0v) is 10.1. The van der Waals surface area contributed by atoms with Crippen LogP contribution in [0, 0.1) is 5.92 Å². The second-order valence-electron chi connectivity index (χ2n) is 3.98. The van der Waals surface area contributed by atoms with Crippen molar-refractivity contribution in [1.29, 1.82) is 0 Å². The average molecular weight is 243 g/mol. The van der Waals surface area contributed by atoms with Gasteiger partial charge in [0.05, 0.1) is 17.2 Å². The number of aromatic carboxylic acids is 1. The second kappa shape index (κ2) is 5.75. The van der Waals surface area contributed by atoms with Crippen molar-refractivity contribution < 1.29 is 14.6 Å². The first-order chi connectivity index (χ1) is 7.50. The summed E-state index contributed by atoms with van der Waals surface area (Å²) in [7, 11) is 0. The molecule has 88 valence electrons. The molecule has 0 aliphatic heterocycles. The van der Waals surface area contributed by atoms with Crippen LogP contribution in [0.3, 0.4) is 0 Å². The van der Waals surface area contributed by atoms with E-state index in [0.29, 0.717) is 23.3 Å². The minimum Gasteiger partial charge on any atom is -0.492 e. The lowest BCUT2D eigenvalue weighted by Crippen LogP contribution is -2.02. The van der Waals surface area contributed by atoms with Gasteiger partial charge in [-0.05, 0) is 30.5 Å². The predicted octanol–water partition coefficient (Wildman–Crippen LogP) is 3.46. The molecule has 0 aliphatic carbocycles. The predicted molar refractivity (Wildman–Crippen MR) is 63.4 cm³/mol. The molecule has 0 aliphatic rings. The summed E-state index contributed by atoms with van der Waals surface area (Å²) in [5.74, 6) is 0.111. The van der Waals surface area contributed by atoms with Crippen molar-refractivity contribution in [2.45, 2.75) is 20.3 Å². The molecule has 3 nitrogen and oxygen atoms in total. The monoisotopic (exact) mass is 242 g/mol. The quantitative estimate of drug-likeness (QED) is 0.860. The Labute approximate surface area is 100.0 Å². The number of ether oxygens (including phenoxy) is 1. The van der Waals surface area contributed by atoms with E-state index in [1.807, 2.05) is 0 Å². The first kappa shape index (κ1) is 12.8. The lowest BCUT2D eigenvalue weighted by Gasteiger charge is -2.09. The fraction of sp³-hybridized carbons (Fsp3) is 0.417. The molecule has 0 fully saturated rings. The third-order valence-electron chi connectivity index (χ3n) is 2.13. The molecule has 4 heteroatoms. The van der Waals surface area contributed by atoms with Crippen LogP contribution < -0.4 is 4.74 Å². The van der Waals surface area contributed by atoms with Crippen LogP contribution in [0.4, 0.5) is 0 Å². The van der Waals surface area contributed by atoms with Gasteiger partial charge in [0.25, 0.3) is 0 Å². The highest BCUT2D eigenvalue weighted by molar-refractivity contribution is 6.32. The molecule has 0 aromatic heterocycles. The van der Waals surface area contributed by atoms with E-state index in [2.05, 4.69) is 13.8 Å².